The first kappa shape index (κ1) is 13.4. The van der Waals surface area contributed by atoms with Crippen molar-refractivity contribution in [3.8, 4) is 0 Å². The second-order valence-electron chi connectivity index (χ2n) is 4.13. The molecular formula is C13H21NOS. The van der Waals surface area contributed by atoms with Crippen molar-refractivity contribution >= 4 is 11.3 Å². The van der Waals surface area contributed by atoms with Crippen molar-refractivity contribution in [3.05, 3.63) is 28.2 Å². The zero-order chi connectivity index (χ0) is 12.0. The summed E-state index contributed by atoms with van der Waals surface area (Å²) in [5, 5.41) is 11.1. The van der Waals surface area contributed by atoms with E-state index < -0.39 is 0 Å². The van der Waals surface area contributed by atoms with Gasteiger partial charge in [0, 0.05) is 0 Å². The maximum absolute atomic E-state index is 10.0. The van der Waals surface area contributed by atoms with Crippen LogP contribution in [0, 0.1) is 13.8 Å². The van der Waals surface area contributed by atoms with E-state index in [1.54, 1.807) is 11.3 Å². The second kappa shape index (κ2) is 6.81. The van der Waals surface area contributed by atoms with Crippen LogP contribution >= 0.6 is 11.3 Å². The lowest BCUT2D eigenvalue weighted by atomic mass is 10.1. The quantitative estimate of drug-likeness (QED) is 0.577. The van der Waals surface area contributed by atoms with Gasteiger partial charge in [-0.2, -0.15) is 0 Å². The molecule has 1 aromatic rings. The van der Waals surface area contributed by atoms with E-state index in [4.69, 9.17) is 0 Å². The minimum atomic E-state index is -0.324. The van der Waals surface area contributed by atoms with Crippen LogP contribution in [0.2, 0.25) is 0 Å². The summed E-state index contributed by atoms with van der Waals surface area (Å²) in [4.78, 5) is 5.38. The summed E-state index contributed by atoms with van der Waals surface area (Å²) >= 11 is 1.61. The Hall–Kier alpha value is -0.670. The fourth-order valence-electron chi connectivity index (χ4n) is 1.79. The lowest BCUT2D eigenvalue weighted by Gasteiger charge is -2.08. The average Bonchev–Trinajstić information content (AvgIpc) is 2.57. The molecule has 0 aliphatic heterocycles. The molecule has 1 heterocycles. The van der Waals surface area contributed by atoms with Gasteiger partial charge in [-0.25, -0.2) is 4.98 Å². The van der Waals surface area contributed by atoms with E-state index in [1.807, 2.05) is 19.9 Å². The van der Waals surface area contributed by atoms with Gasteiger partial charge in [0.1, 0.15) is 0 Å². The summed E-state index contributed by atoms with van der Waals surface area (Å²) in [6, 6.07) is 0. The number of thiazole rings is 1. The SMILES string of the molecule is C=CCCCCCC(O)c1sc(C)nc1C. The van der Waals surface area contributed by atoms with Crippen molar-refractivity contribution in [3.63, 3.8) is 0 Å². The third-order valence-electron chi connectivity index (χ3n) is 2.63. The number of hydrogen-bond acceptors (Lipinski definition) is 3. The summed E-state index contributed by atoms with van der Waals surface area (Å²) in [6.07, 6.45) is 6.97. The maximum atomic E-state index is 10.0. The first-order valence-corrected chi connectivity index (χ1v) is 6.69. The van der Waals surface area contributed by atoms with Crippen molar-refractivity contribution in [1.82, 2.24) is 4.98 Å². The summed E-state index contributed by atoms with van der Waals surface area (Å²) in [5.41, 5.74) is 0.987. The van der Waals surface area contributed by atoms with Gasteiger partial charge in [-0.3, -0.25) is 0 Å². The van der Waals surface area contributed by atoms with Crippen LogP contribution in [-0.2, 0) is 0 Å². The number of aliphatic hydroxyl groups is 1. The third kappa shape index (κ3) is 4.06. The maximum Gasteiger partial charge on any atom is 0.0901 e. The number of hydrogen-bond donors (Lipinski definition) is 1. The molecule has 0 saturated carbocycles. The van der Waals surface area contributed by atoms with Gasteiger partial charge in [0.05, 0.1) is 21.7 Å². The second-order valence-corrected chi connectivity index (χ2v) is 5.36. The van der Waals surface area contributed by atoms with Gasteiger partial charge in [-0.05, 0) is 33.1 Å². The number of rotatable bonds is 7. The topological polar surface area (TPSA) is 33.1 Å². The van der Waals surface area contributed by atoms with Gasteiger partial charge in [-0.1, -0.05) is 18.9 Å². The molecule has 1 unspecified atom stereocenters. The minimum absolute atomic E-state index is 0.324. The van der Waals surface area contributed by atoms with Crippen LogP contribution in [0.4, 0.5) is 0 Å². The van der Waals surface area contributed by atoms with Crippen LogP contribution in [0.15, 0.2) is 12.7 Å². The Morgan fingerprint density at radius 3 is 2.69 bits per heavy atom. The van der Waals surface area contributed by atoms with Gasteiger partial charge >= 0.3 is 0 Å². The lowest BCUT2D eigenvalue weighted by Crippen LogP contribution is -1.96. The van der Waals surface area contributed by atoms with Crippen molar-refractivity contribution < 1.29 is 5.11 Å². The molecule has 2 nitrogen and oxygen atoms in total. The molecule has 0 bridgehead atoms. The Morgan fingerprint density at radius 2 is 2.12 bits per heavy atom. The number of allylic oxidation sites excluding steroid dienone is 1. The highest BCUT2D eigenvalue weighted by atomic mass is 32.1. The monoisotopic (exact) mass is 239 g/mol. The lowest BCUT2D eigenvalue weighted by molar-refractivity contribution is 0.166. The molecule has 90 valence electrons. The summed E-state index contributed by atoms with van der Waals surface area (Å²) in [6.45, 7) is 7.66. The number of unbranched alkanes of at least 4 members (excludes halogenated alkanes) is 3. The molecule has 0 saturated heterocycles. The molecule has 1 N–H and O–H groups in total. The first-order valence-electron chi connectivity index (χ1n) is 5.88. The predicted octanol–water partition coefficient (Wildman–Crippen LogP) is 3.93. The van der Waals surface area contributed by atoms with Crippen LogP contribution in [0.1, 0.15) is 53.8 Å². The van der Waals surface area contributed by atoms with Gasteiger partial charge in [0.25, 0.3) is 0 Å². The highest BCUT2D eigenvalue weighted by Gasteiger charge is 2.13. The average molecular weight is 239 g/mol. The Balaban J connectivity index is 2.32. The fraction of sp³-hybridized carbons (Fsp3) is 0.615. The summed E-state index contributed by atoms with van der Waals surface area (Å²) in [5.74, 6) is 0. The fourth-order valence-corrected chi connectivity index (χ4v) is 2.74. The highest BCUT2D eigenvalue weighted by molar-refractivity contribution is 7.11. The van der Waals surface area contributed by atoms with E-state index in [0.717, 1.165) is 34.8 Å². The number of aliphatic hydroxyl groups excluding tert-OH is 1. The molecule has 0 aromatic carbocycles. The molecular weight excluding hydrogens is 218 g/mol. The Kier molecular flexibility index (Phi) is 5.71. The molecule has 0 amide bonds. The number of aromatic nitrogens is 1. The van der Waals surface area contributed by atoms with Gasteiger partial charge < -0.3 is 5.11 Å². The molecule has 1 aromatic heterocycles. The highest BCUT2D eigenvalue weighted by Crippen LogP contribution is 2.28. The van der Waals surface area contributed by atoms with Crippen molar-refractivity contribution in [2.24, 2.45) is 0 Å². The zero-order valence-corrected chi connectivity index (χ0v) is 11.0. The van der Waals surface area contributed by atoms with Crippen LogP contribution in [0.3, 0.4) is 0 Å². The predicted molar refractivity (Wildman–Crippen MR) is 69.8 cm³/mol. The third-order valence-corrected chi connectivity index (χ3v) is 3.80. The Labute approximate surface area is 102 Å². The molecule has 1 rings (SSSR count). The van der Waals surface area contributed by atoms with Gasteiger partial charge in [-0.15, -0.1) is 17.9 Å². The molecule has 0 aliphatic rings. The normalized spacial score (nSPS) is 12.7. The summed E-state index contributed by atoms with van der Waals surface area (Å²) < 4.78 is 0. The number of aryl methyl sites for hydroxylation is 2. The van der Waals surface area contributed by atoms with Gasteiger partial charge in [0.15, 0.2) is 0 Å². The minimum Gasteiger partial charge on any atom is -0.388 e. The molecule has 3 heteroatoms. The molecule has 0 aliphatic carbocycles. The van der Waals surface area contributed by atoms with E-state index in [-0.39, 0.29) is 6.10 Å². The molecule has 16 heavy (non-hydrogen) atoms. The van der Waals surface area contributed by atoms with Crippen molar-refractivity contribution in [1.29, 1.82) is 0 Å². The van der Waals surface area contributed by atoms with E-state index in [0.29, 0.717) is 0 Å². The Bertz CT molecular complexity index is 333. The van der Waals surface area contributed by atoms with Crippen LogP contribution < -0.4 is 0 Å². The van der Waals surface area contributed by atoms with Crippen LogP contribution in [0.25, 0.3) is 0 Å². The largest absolute Gasteiger partial charge is 0.388 e. The van der Waals surface area contributed by atoms with Crippen molar-refractivity contribution in [2.45, 2.75) is 52.1 Å². The smallest absolute Gasteiger partial charge is 0.0901 e. The molecule has 1 atom stereocenters. The van der Waals surface area contributed by atoms with E-state index >= 15 is 0 Å². The molecule has 0 fully saturated rings. The van der Waals surface area contributed by atoms with E-state index in [9.17, 15) is 5.11 Å². The molecule has 0 radical (unpaired) electrons. The summed E-state index contributed by atoms with van der Waals surface area (Å²) in [7, 11) is 0. The number of nitrogens with zero attached hydrogens (tertiary/aromatic N) is 1. The first-order chi connectivity index (χ1) is 7.65. The van der Waals surface area contributed by atoms with Crippen LogP contribution in [-0.4, -0.2) is 10.1 Å². The van der Waals surface area contributed by atoms with E-state index in [2.05, 4.69) is 11.6 Å². The van der Waals surface area contributed by atoms with E-state index in [1.165, 1.54) is 12.8 Å². The molecule has 0 spiro atoms. The van der Waals surface area contributed by atoms with Crippen LogP contribution in [0.5, 0.6) is 0 Å². The standard InChI is InChI=1S/C13H21NOS/c1-4-5-6-7-8-9-12(15)13-10(2)14-11(3)16-13/h4,12,15H,1,5-9H2,2-3H3. The zero-order valence-electron chi connectivity index (χ0n) is 10.2. The Morgan fingerprint density at radius 1 is 1.38 bits per heavy atom. The van der Waals surface area contributed by atoms with Crippen molar-refractivity contribution in [2.75, 3.05) is 0 Å². The van der Waals surface area contributed by atoms with Gasteiger partial charge in [0.2, 0.25) is 0 Å².